The van der Waals surface area contributed by atoms with Gasteiger partial charge < -0.3 is 15.2 Å². The van der Waals surface area contributed by atoms with Gasteiger partial charge in [0.05, 0.1) is 5.92 Å². The molecule has 1 aliphatic carbocycles. The molecule has 0 heterocycles. The van der Waals surface area contributed by atoms with E-state index in [0.717, 1.165) is 12.8 Å². The number of ether oxygens (including phenoxy) is 2. The third kappa shape index (κ3) is 6.04. The molecule has 5 nitrogen and oxygen atoms in total. The lowest BCUT2D eigenvalue weighted by Crippen LogP contribution is -2.39. The first-order valence-electron chi connectivity index (χ1n) is 7.59. The third-order valence-corrected chi connectivity index (χ3v) is 3.37. The lowest BCUT2D eigenvalue weighted by molar-refractivity contribution is -0.163. The van der Waals surface area contributed by atoms with Crippen molar-refractivity contribution >= 4 is 11.9 Å². The SMILES string of the molecule is CC(C)(C)OC(=O)C[C@@H]1CC[C@@H](N)[C@@H]1C(=O)OC(C)(C)C. The van der Waals surface area contributed by atoms with Crippen LogP contribution in [0.25, 0.3) is 0 Å². The largest absolute Gasteiger partial charge is 0.460 e. The predicted octanol–water partition coefficient (Wildman–Crippen LogP) is 2.41. The number of nitrogens with two attached hydrogens (primary N) is 1. The van der Waals surface area contributed by atoms with Gasteiger partial charge in [0.1, 0.15) is 11.2 Å². The molecule has 122 valence electrons. The smallest absolute Gasteiger partial charge is 0.311 e. The molecule has 0 spiro atoms. The van der Waals surface area contributed by atoms with Gasteiger partial charge >= 0.3 is 11.9 Å². The molecular formula is C16H29NO4. The van der Waals surface area contributed by atoms with Crippen LogP contribution in [-0.4, -0.2) is 29.2 Å². The van der Waals surface area contributed by atoms with Crippen molar-refractivity contribution in [3.05, 3.63) is 0 Å². The van der Waals surface area contributed by atoms with Gasteiger partial charge in [0, 0.05) is 12.5 Å². The summed E-state index contributed by atoms with van der Waals surface area (Å²) < 4.78 is 10.8. The molecule has 1 aliphatic rings. The second kappa shape index (κ2) is 6.34. The van der Waals surface area contributed by atoms with Crippen molar-refractivity contribution in [3.63, 3.8) is 0 Å². The van der Waals surface area contributed by atoms with Gasteiger partial charge in [0.2, 0.25) is 0 Å². The second-order valence-corrected chi connectivity index (χ2v) is 7.85. The average Bonchev–Trinajstić information content (AvgIpc) is 2.53. The quantitative estimate of drug-likeness (QED) is 0.810. The number of carbonyl (C=O) groups excluding carboxylic acids is 2. The summed E-state index contributed by atoms with van der Waals surface area (Å²) in [6.07, 6.45) is 1.70. The topological polar surface area (TPSA) is 78.6 Å². The van der Waals surface area contributed by atoms with Gasteiger partial charge in [-0.15, -0.1) is 0 Å². The van der Waals surface area contributed by atoms with E-state index in [1.54, 1.807) is 0 Å². The van der Waals surface area contributed by atoms with E-state index in [9.17, 15) is 9.59 Å². The Hall–Kier alpha value is -1.10. The number of carbonyl (C=O) groups is 2. The fraction of sp³-hybridized carbons (Fsp3) is 0.875. The Balaban J connectivity index is 2.69. The van der Waals surface area contributed by atoms with Gasteiger partial charge in [-0.2, -0.15) is 0 Å². The maximum Gasteiger partial charge on any atom is 0.311 e. The minimum atomic E-state index is -0.546. The molecule has 0 bridgehead atoms. The monoisotopic (exact) mass is 299 g/mol. The molecule has 2 N–H and O–H groups in total. The molecule has 1 fully saturated rings. The standard InChI is InChI=1S/C16H29NO4/c1-15(2,3)20-12(18)9-10-7-8-11(17)13(10)14(19)21-16(4,5)6/h10-11,13H,7-9,17H2,1-6H3/t10-,11+,13+/m0/s1. The Kier molecular flexibility index (Phi) is 5.42. The average molecular weight is 299 g/mol. The first-order chi connectivity index (χ1) is 9.39. The zero-order valence-corrected chi connectivity index (χ0v) is 14.1. The predicted molar refractivity (Wildman–Crippen MR) is 80.5 cm³/mol. The van der Waals surface area contributed by atoms with Crippen molar-refractivity contribution in [3.8, 4) is 0 Å². The van der Waals surface area contributed by atoms with Gasteiger partial charge in [-0.1, -0.05) is 0 Å². The minimum absolute atomic E-state index is 0.0929. The van der Waals surface area contributed by atoms with E-state index in [1.807, 2.05) is 41.5 Å². The summed E-state index contributed by atoms with van der Waals surface area (Å²) in [6, 6.07) is -0.243. The molecule has 5 heteroatoms. The van der Waals surface area contributed by atoms with Crippen molar-refractivity contribution in [1.82, 2.24) is 0 Å². The summed E-state index contributed by atoms with van der Waals surface area (Å²) in [5.41, 5.74) is 4.98. The van der Waals surface area contributed by atoms with Crippen molar-refractivity contribution in [1.29, 1.82) is 0 Å². The van der Waals surface area contributed by atoms with Crippen molar-refractivity contribution in [2.75, 3.05) is 0 Å². The molecular weight excluding hydrogens is 270 g/mol. The van der Waals surface area contributed by atoms with Gasteiger partial charge in [0.25, 0.3) is 0 Å². The van der Waals surface area contributed by atoms with Crippen LogP contribution in [0.4, 0.5) is 0 Å². The first-order valence-corrected chi connectivity index (χ1v) is 7.59. The van der Waals surface area contributed by atoms with Crippen LogP contribution in [0.1, 0.15) is 60.8 Å². The van der Waals surface area contributed by atoms with Gasteiger partial charge in [-0.05, 0) is 60.3 Å². The summed E-state index contributed by atoms with van der Waals surface area (Å²) >= 11 is 0. The summed E-state index contributed by atoms with van der Waals surface area (Å²) in [7, 11) is 0. The van der Waals surface area contributed by atoms with Crippen LogP contribution in [0.15, 0.2) is 0 Å². The number of esters is 2. The van der Waals surface area contributed by atoms with Crippen molar-refractivity contribution in [2.45, 2.75) is 78.0 Å². The Morgan fingerprint density at radius 3 is 2.00 bits per heavy atom. The summed E-state index contributed by atoms with van der Waals surface area (Å²) in [4.78, 5) is 24.3. The van der Waals surface area contributed by atoms with Crippen LogP contribution in [0, 0.1) is 11.8 Å². The maximum atomic E-state index is 12.3. The molecule has 0 saturated heterocycles. The zero-order valence-electron chi connectivity index (χ0n) is 14.1. The molecule has 0 aromatic rings. The van der Waals surface area contributed by atoms with E-state index < -0.39 is 17.1 Å². The fourth-order valence-corrected chi connectivity index (χ4v) is 2.68. The molecule has 0 aromatic heterocycles. The number of hydrogen-bond donors (Lipinski definition) is 1. The van der Waals surface area contributed by atoms with Gasteiger partial charge in [0.15, 0.2) is 0 Å². The van der Waals surface area contributed by atoms with E-state index in [-0.39, 0.29) is 30.3 Å². The Bertz CT molecular complexity index is 392. The van der Waals surface area contributed by atoms with E-state index in [0.29, 0.717) is 0 Å². The van der Waals surface area contributed by atoms with Gasteiger partial charge in [-0.25, -0.2) is 0 Å². The highest BCUT2D eigenvalue weighted by atomic mass is 16.6. The number of hydrogen-bond acceptors (Lipinski definition) is 5. The summed E-state index contributed by atoms with van der Waals surface area (Å²) in [5, 5.41) is 0. The zero-order chi connectivity index (χ0) is 16.4. The Labute approximate surface area is 127 Å². The van der Waals surface area contributed by atoms with Crippen LogP contribution in [0.3, 0.4) is 0 Å². The highest BCUT2D eigenvalue weighted by Crippen LogP contribution is 2.35. The Morgan fingerprint density at radius 2 is 1.52 bits per heavy atom. The second-order valence-electron chi connectivity index (χ2n) is 7.85. The maximum absolute atomic E-state index is 12.3. The molecule has 21 heavy (non-hydrogen) atoms. The highest BCUT2D eigenvalue weighted by Gasteiger charge is 2.42. The molecule has 1 rings (SSSR count). The van der Waals surface area contributed by atoms with Crippen LogP contribution >= 0.6 is 0 Å². The first kappa shape index (κ1) is 18.0. The van der Waals surface area contributed by atoms with Crippen LogP contribution in [0.2, 0.25) is 0 Å². The minimum Gasteiger partial charge on any atom is -0.460 e. The molecule has 1 saturated carbocycles. The number of rotatable bonds is 3. The summed E-state index contributed by atoms with van der Waals surface area (Å²) in [5.74, 6) is -1.10. The van der Waals surface area contributed by atoms with Crippen LogP contribution in [-0.2, 0) is 19.1 Å². The lowest BCUT2D eigenvalue weighted by atomic mass is 9.91. The molecule has 0 amide bonds. The summed E-state index contributed by atoms with van der Waals surface area (Å²) in [6.45, 7) is 11.0. The van der Waals surface area contributed by atoms with E-state index in [1.165, 1.54) is 0 Å². The molecule has 0 radical (unpaired) electrons. The van der Waals surface area contributed by atoms with E-state index in [4.69, 9.17) is 15.2 Å². The van der Waals surface area contributed by atoms with Crippen LogP contribution in [0.5, 0.6) is 0 Å². The van der Waals surface area contributed by atoms with Crippen molar-refractivity contribution < 1.29 is 19.1 Å². The normalized spacial score (nSPS) is 26.5. The van der Waals surface area contributed by atoms with E-state index >= 15 is 0 Å². The lowest BCUT2D eigenvalue weighted by Gasteiger charge is -2.27. The molecule has 0 aliphatic heterocycles. The van der Waals surface area contributed by atoms with Gasteiger partial charge in [-0.3, -0.25) is 9.59 Å². The fourth-order valence-electron chi connectivity index (χ4n) is 2.68. The molecule has 0 aromatic carbocycles. The highest BCUT2D eigenvalue weighted by molar-refractivity contribution is 5.77. The third-order valence-electron chi connectivity index (χ3n) is 3.37. The molecule has 0 unspecified atom stereocenters. The van der Waals surface area contributed by atoms with E-state index in [2.05, 4.69) is 0 Å². The Morgan fingerprint density at radius 1 is 1.00 bits per heavy atom. The molecule has 3 atom stereocenters. The van der Waals surface area contributed by atoms with Crippen LogP contribution < -0.4 is 5.73 Å². The van der Waals surface area contributed by atoms with Crippen molar-refractivity contribution in [2.24, 2.45) is 17.6 Å².